The molecule has 1 aliphatic heterocycles. The maximum absolute atomic E-state index is 12.9. The van der Waals surface area contributed by atoms with Gasteiger partial charge in [-0.2, -0.15) is 0 Å². The number of thioether (sulfide) groups is 1. The molecule has 0 bridgehead atoms. The summed E-state index contributed by atoms with van der Waals surface area (Å²) in [6, 6.07) is 6.05. The summed E-state index contributed by atoms with van der Waals surface area (Å²) in [7, 11) is 4.00. The number of carbonyl (C=O) groups is 1. The number of hydrogen-bond acceptors (Lipinski definition) is 4. The minimum atomic E-state index is -0.289. The zero-order chi connectivity index (χ0) is 15.4. The van der Waals surface area contributed by atoms with E-state index in [9.17, 15) is 9.18 Å². The van der Waals surface area contributed by atoms with Crippen molar-refractivity contribution in [1.29, 1.82) is 0 Å². The standard InChI is InChI=1S/C15H17FN2OS2/c1-17(2)8-3-9-18-14(19)13(21-15(18)20)10-11-4-6-12(16)7-5-11/h4-7,10H,3,8-9H2,1-2H3. The number of thiocarbonyl (C=S) groups is 1. The van der Waals surface area contributed by atoms with Crippen LogP contribution in [0, 0.1) is 5.82 Å². The molecule has 0 spiro atoms. The van der Waals surface area contributed by atoms with Gasteiger partial charge >= 0.3 is 0 Å². The van der Waals surface area contributed by atoms with E-state index in [1.165, 1.54) is 23.9 Å². The van der Waals surface area contributed by atoms with Gasteiger partial charge < -0.3 is 4.90 Å². The molecule has 0 unspecified atom stereocenters. The SMILES string of the molecule is CN(C)CCCN1C(=O)C(=Cc2ccc(F)cc2)SC1=S. The third-order valence-electron chi connectivity index (χ3n) is 3.03. The Balaban J connectivity index is 2.05. The van der Waals surface area contributed by atoms with Gasteiger partial charge in [0.05, 0.1) is 4.91 Å². The van der Waals surface area contributed by atoms with Crippen molar-refractivity contribution in [3.63, 3.8) is 0 Å². The van der Waals surface area contributed by atoms with E-state index in [1.54, 1.807) is 23.1 Å². The van der Waals surface area contributed by atoms with E-state index in [0.29, 0.717) is 15.8 Å². The second-order valence-corrected chi connectivity index (χ2v) is 6.72. The number of benzene rings is 1. The molecule has 0 N–H and O–H groups in total. The van der Waals surface area contributed by atoms with Crippen molar-refractivity contribution in [1.82, 2.24) is 9.80 Å². The summed E-state index contributed by atoms with van der Waals surface area (Å²) in [4.78, 5) is 16.6. The topological polar surface area (TPSA) is 23.6 Å². The predicted octanol–water partition coefficient (Wildman–Crippen LogP) is 2.98. The molecule has 0 radical (unpaired) electrons. The van der Waals surface area contributed by atoms with Crippen LogP contribution >= 0.6 is 24.0 Å². The highest BCUT2D eigenvalue weighted by Crippen LogP contribution is 2.32. The zero-order valence-electron chi connectivity index (χ0n) is 12.0. The van der Waals surface area contributed by atoms with E-state index >= 15 is 0 Å². The Morgan fingerprint density at radius 3 is 2.62 bits per heavy atom. The van der Waals surface area contributed by atoms with Gasteiger partial charge in [0, 0.05) is 6.54 Å². The minimum Gasteiger partial charge on any atom is -0.309 e. The summed E-state index contributed by atoms with van der Waals surface area (Å²) >= 11 is 6.57. The van der Waals surface area contributed by atoms with Gasteiger partial charge in [-0.25, -0.2) is 4.39 Å². The monoisotopic (exact) mass is 324 g/mol. The fraction of sp³-hybridized carbons (Fsp3) is 0.333. The fourth-order valence-electron chi connectivity index (χ4n) is 1.95. The molecule has 0 saturated carbocycles. The Morgan fingerprint density at radius 2 is 2.00 bits per heavy atom. The lowest BCUT2D eigenvalue weighted by Crippen LogP contribution is -2.30. The summed E-state index contributed by atoms with van der Waals surface area (Å²) < 4.78 is 13.5. The molecule has 1 heterocycles. The van der Waals surface area contributed by atoms with E-state index in [2.05, 4.69) is 4.90 Å². The Kier molecular flexibility index (Phi) is 5.50. The van der Waals surface area contributed by atoms with Gasteiger partial charge in [0.2, 0.25) is 0 Å². The average molecular weight is 324 g/mol. The molecular formula is C15H17FN2OS2. The maximum atomic E-state index is 12.9. The molecule has 0 aliphatic carbocycles. The normalized spacial score (nSPS) is 17.3. The van der Waals surface area contributed by atoms with Crippen molar-refractivity contribution in [3.8, 4) is 0 Å². The Bertz CT molecular complexity index is 570. The van der Waals surface area contributed by atoms with Gasteiger partial charge in [-0.15, -0.1) is 0 Å². The molecule has 3 nitrogen and oxygen atoms in total. The summed E-state index contributed by atoms with van der Waals surface area (Å²) in [6.07, 6.45) is 2.63. The number of carbonyl (C=O) groups excluding carboxylic acids is 1. The highest BCUT2D eigenvalue weighted by atomic mass is 32.2. The van der Waals surface area contributed by atoms with Gasteiger partial charge in [-0.05, 0) is 50.8 Å². The first kappa shape index (κ1) is 16.1. The highest BCUT2D eigenvalue weighted by molar-refractivity contribution is 8.26. The lowest BCUT2D eigenvalue weighted by atomic mass is 10.2. The molecule has 1 aromatic rings. The zero-order valence-corrected chi connectivity index (χ0v) is 13.6. The van der Waals surface area contributed by atoms with Crippen molar-refractivity contribution in [2.45, 2.75) is 6.42 Å². The lowest BCUT2D eigenvalue weighted by Gasteiger charge is -2.16. The van der Waals surface area contributed by atoms with Crippen LogP contribution in [0.25, 0.3) is 6.08 Å². The maximum Gasteiger partial charge on any atom is 0.266 e. The van der Waals surface area contributed by atoms with Crippen LogP contribution < -0.4 is 0 Å². The Labute approximate surface area is 133 Å². The smallest absolute Gasteiger partial charge is 0.266 e. The molecule has 0 atom stereocenters. The van der Waals surface area contributed by atoms with Crippen molar-refractivity contribution in [3.05, 3.63) is 40.6 Å². The average Bonchev–Trinajstić information content (AvgIpc) is 2.68. The number of rotatable bonds is 5. The molecule has 1 aliphatic rings. The van der Waals surface area contributed by atoms with Crippen molar-refractivity contribution >= 4 is 40.3 Å². The summed E-state index contributed by atoms with van der Waals surface area (Å²) in [5.41, 5.74) is 0.796. The molecule has 1 fully saturated rings. The highest BCUT2D eigenvalue weighted by Gasteiger charge is 2.31. The molecule has 1 aromatic carbocycles. The molecular weight excluding hydrogens is 307 g/mol. The van der Waals surface area contributed by atoms with Gasteiger partial charge in [0.1, 0.15) is 10.1 Å². The summed E-state index contributed by atoms with van der Waals surface area (Å²) in [5.74, 6) is -0.350. The first-order chi connectivity index (χ1) is 9.97. The van der Waals surface area contributed by atoms with Crippen LogP contribution in [0.1, 0.15) is 12.0 Å². The quantitative estimate of drug-likeness (QED) is 0.614. The minimum absolute atomic E-state index is 0.0620. The number of amides is 1. The first-order valence-electron chi connectivity index (χ1n) is 6.63. The number of hydrogen-bond donors (Lipinski definition) is 0. The van der Waals surface area contributed by atoms with E-state index in [0.717, 1.165) is 18.5 Å². The molecule has 1 saturated heterocycles. The van der Waals surface area contributed by atoms with Gasteiger partial charge in [0.25, 0.3) is 5.91 Å². The summed E-state index contributed by atoms with van der Waals surface area (Å²) in [5, 5.41) is 0. The number of halogens is 1. The van der Waals surface area contributed by atoms with Crippen LogP contribution in [0.2, 0.25) is 0 Å². The van der Waals surface area contributed by atoms with Crippen molar-refractivity contribution < 1.29 is 9.18 Å². The van der Waals surface area contributed by atoms with E-state index in [4.69, 9.17) is 12.2 Å². The van der Waals surface area contributed by atoms with E-state index < -0.39 is 0 Å². The molecule has 2 rings (SSSR count). The fourth-order valence-corrected chi connectivity index (χ4v) is 3.26. The van der Waals surface area contributed by atoms with Gasteiger partial charge in [-0.3, -0.25) is 9.69 Å². The van der Waals surface area contributed by atoms with Crippen LogP contribution in [0.4, 0.5) is 4.39 Å². The van der Waals surface area contributed by atoms with E-state index in [-0.39, 0.29) is 11.7 Å². The number of nitrogens with zero attached hydrogens (tertiary/aromatic N) is 2. The summed E-state index contributed by atoms with van der Waals surface area (Å²) in [6.45, 7) is 1.54. The Hall–Kier alpha value is -1.24. The van der Waals surface area contributed by atoms with Crippen LogP contribution in [0.5, 0.6) is 0 Å². The third-order valence-corrected chi connectivity index (χ3v) is 4.41. The van der Waals surface area contributed by atoms with Crippen molar-refractivity contribution in [2.75, 3.05) is 27.2 Å². The molecule has 1 amide bonds. The molecule has 112 valence electrons. The predicted molar refractivity (Wildman–Crippen MR) is 89.5 cm³/mol. The molecule has 6 heteroatoms. The van der Waals surface area contributed by atoms with Crippen LogP contribution in [-0.2, 0) is 4.79 Å². The van der Waals surface area contributed by atoms with Crippen LogP contribution in [0.3, 0.4) is 0 Å². The van der Waals surface area contributed by atoms with Crippen LogP contribution in [0.15, 0.2) is 29.2 Å². The van der Waals surface area contributed by atoms with Gasteiger partial charge in [0.15, 0.2) is 0 Å². The second kappa shape index (κ2) is 7.15. The second-order valence-electron chi connectivity index (χ2n) is 5.04. The molecule has 21 heavy (non-hydrogen) atoms. The Morgan fingerprint density at radius 1 is 1.33 bits per heavy atom. The van der Waals surface area contributed by atoms with Gasteiger partial charge in [-0.1, -0.05) is 36.1 Å². The van der Waals surface area contributed by atoms with Crippen LogP contribution in [-0.4, -0.2) is 47.2 Å². The first-order valence-corrected chi connectivity index (χ1v) is 7.85. The lowest BCUT2D eigenvalue weighted by molar-refractivity contribution is -0.122. The largest absolute Gasteiger partial charge is 0.309 e. The third kappa shape index (κ3) is 4.36. The van der Waals surface area contributed by atoms with Crippen molar-refractivity contribution in [2.24, 2.45) is 0 Å². The van der Waals surface area contributed by atoms with E-state index in [1.807, 2.05) is 14.1 Å². The molecule has 0 aromatic heterocycles.